The lowest BCUT2D eigenvalue weighted by atomic mass is 10.2. The van der Waals surface area contributed by atoms with E-state index in [0.29, 0.717) is 0 Å². The number of carboxylic acid groups (broad SMARTS) is 1. The SMILES string of the molecule is O=C(O)CC(Br)c1ccsc1. The van der Waals surface area contributed by atoms with Crippen LogP contribution in [0, 0.1) is 0 Å². The van der Waals surface area contributed by atoms with Gasteiger partial charge in [0.25, 0.3) is 0 Å². The molecule has 0 aliphatic heterocycles. The fourth-order valence-corrected chi connectivity index (χ4v) is 2.18. The number of hydrogen-bond acceptors (Lipinski definition) is 2. The third-order valence-electron chi connectivity index (χ3n) is 1.26. The molecule has 2 nitrogen and oxygen atoms in total. The van der Waals surface area contributed by atoms with Crippen molar-refractivity contribution in [1.82, 2.24) is 0 Å². The number of rotatable bonds is 3. The number of carbonyl (C=O) groups is 1. The molecule has 1 rings (SSSR count). The van der Waals surface area contributed by atoms with Gasteiger partial charge in [-0.05, 0) is 22.4 Å². The number of alkyl halides is 1. The quantitative estimate of drug-likeness (QED) is 0.817. The molecule has 0 radical (unpaired) electrons. The summed E-state index contributed by atoms with van der Waals surface area (Å²) >= 11 is 4.86. The summed E-state index contributed by atoms with van der Waals surface area (Å²) < 4.78 is 0. The van der Waals surface area contributed by atoms with Crippen LogP contribution in [0.1, 0.15) is 16.8 Å². The largest absolute Gasteiger partial charge is 0.481 e. The lowest BCUT2D eigenvalue weighted by Gasteiger charge is -2.02. The van der Waals surface area contributed by atoms with Gasteiger partial charge in [-0.1, -0.05) is 15.9 Å². The molecular weight excluding hydrogens is 228 g/mol. The van der Waals surface area contributed by atoms with E-state index in [-0.39, 0.29) is 11.2 Å². The van der Waals surface area contributed by atoms with Crippen LogP contribution in [0.2, 0.25) is 0 Å². The minimum absolute atomic E-state index is 0.0498. The van der Waals surface area contributed by atoms with Gasteiger partial charge in [-0.3, -0.25) is 4.79 Å². The molecule has 0 saturated heterocycles. The van der Waals surface area contributed by atoms with E-state index in [2.05, 4.69) is 15.9 Å². The predicted octanol–water partition coefficient (Wildman–Crippen LogP) is 2.66. The van der Waals surface area contributed by atoms with Gasteiger partial charge in [-0.25, -0.2) is 0 Å². The zero-order valence-corrected chi connectivity index (χ0v) is 8.06. The predicted molar refractivity (Wildman–Crippen MR) is 48.2 cm³/mol. The molecule has 1 unspecified atom stereocenters. The van der Waals surface area contributed by atoms with Gasteiger partial charge in [0.15, 0.2) is 0 Å². The molecule has 0 saturated carbocycles. The van der Waals surface area contributed by atoms with Crippen LogP contribution in [0.5, 0.6) is 0 Å². The highest BCUT2D eigenvalue weighted by Gasteiger charge is 2.11. The summed E-state index contributed by atoms with van der Waals surface area (Å²) in [4.78, 5) is 10.2. The fraction of sp³-hybridized carbons (Fsp3) is 0.286. The Morgan fingerprint density at radius 1 is 1.82 bits per heavy atom. The normalized spacial score (nSPS) is 12.8. The number of thiophene rings is 1. The van der Waals surface area contributed by atoms with E-state index in [0.717, 1.165) is 5.56 Å². The lowest BCUT2D eigenvalue weighted by molar-refractivity contribution is -0.136. The highest BCUT2D eigenvalue weighted by atomic mass is 79.9. The van der Waals surface area contributed by atoms with E-state index in [4.69, 9.17) is 5.11 Å². The molecule has 0 amide bonds. The molecule has 1 heterocycles. The third-order valence-corrected chi connectivity index (χ3v) is 2.81. The number of hydrogen-bond donors (Lipinski definition) is 1. The molecule has 4 heteroatoms. The summed E-state index contributed by atoms with van der Waals surface area (Å²) in [5.74, 6) is -0.780. The van der Waals surface area contributed by atoms with Crippen molar-refractivity contribution in [1.29, 1.82) is 0 Å². The Kier molecular flexibility index (Phi) is 3.08. The highest BCUT2D eigenvalue weighted by molar-refractivity contribution is 9.09. The molecular formula is C7H7BrO2S. The molecule has 1 N–H and O–H groups in total. The van der Waals surface area contributed by atoms with Crippen LogP contribution in [0.25, 0.3) is 0 Å². The van der Waals surface area contributed by atoms with E-state index >= 15 is 0 Å². The Labute approximate surface area is 77.0 Å². The Bertz CT molecular complexity index is 233. The van der Waals surface area contributed by atoms with Crippen molar-refractivity contribution in [2.24, 2.45) is 0 Å². The van der Waals surface area contributed by atoms with Crippen molar-refractivity contribution < 1.29 is 9.90 Å². The molecule has 1 aromatic rings. The fourth-order valence-electron chi connectivity index (χ4n) is 0.724. The standard InChI is InChI=1S/C7H7BrO2S/c8-6(3-7(9)10)5-1-2-11-4-5/h1-2,4,6H,3H2,(H,9,10). The number of carboxylic acids is 1. The average Bonchev–Trinajstić information content (AvgIpc) is 2.35. The second kappa shape index (κ2) is 3.88. The molecule has 60 valence electrons. The van der Waals surface area contributed by atoms with Crippen LogP contribution in [-0.2, 0) is 4.79 Å². The molecule has 0 aliphatic rings. The zero-order valence-electron chi connectivity index (χ0n) is 5.66. The maximum absolute atomic E-state index is 10.3. The van der Waals surface area contributed by atoms with Gasteiger partial charge < -0.3 is 5.11 Å². The first-order valence-electron chi connectivity index (χ1n) is 3.08. The van der Waals surface area contributed by atoms with Crippen LogP contribution in [0.4, 0.5) is 0 Å². The maximum atomic E-state index is 10.3. The molecule has 0 aromatic carbocycles. The minimum atomic E-state index is -0.780. The van der Waals surface area contributed by atoms with E-state index < -0.39 is 5.97 Å². The van der Waals surface area contributed by atoms with Gasteiger partial charge in [0.05, 0.1) is 11.2 Å². The summed E-state index contributed by atoms with van der Waals surface area (Å²) in [6.45, 7) is 0. The first-order valence-corrected chi connectivity index (χ1v) is 4.94. The second-order valence-electron chi connectivity index (χ2n) is 2.12. The number of halogens is 1. The van der Waals surface area contributed by atoms with Gasteiger partial charge in [0.1, 0.15) is 0 Å². The Balaban J connectivity index is 2.56. The van der Waals surface area contributed by atoms with Crippen LogP contribution in [-0.4, -0.2) is 11.1 Å². The van der Waals surface area contributed by atoms with Crippen molar-refractivity contribution in [3.05, 3.63) is 22.4 Å². The van der Waals surface area contributed by atoms with Crippen LogP contribution in [0.3, 0.4) is 0 Å². The molecule has 0 bridgehead atoms. The Morgan fingerprint density at radius 3 is 3.00 bits per heavy atom. The van der Waals surface area contributed by atoms with Crippen molar-refractivity contribution >= 4 is 33.2 Å². The van der Waals surface area contributed by atoms with Crippen LogP contribution >= 0.6 is 27.3 Å². The monoisotopic (exact) mass is 234 g/mol. The Hall–Kier alpha value is -0.350. The summed E-state index contributed by atoms with van der Waals surface area (Å²) in [5, 5.41) is 12.3. The molecule has 0 fully saturated rings. The molecule has 1 atom stereocenters. The summed E-state index contributed by atoms with van der Waals surface area (Å²) in [7, 11) is 0. The van der Waals surface area contributed by atoms with E-state index in [1.54, 1.807) is 11.3 Å². The minimum Gasteiger partial charge on any atom is -0.481 e. The zero-order chi connectivity index (χ0) is 8.27. The van der Waals surface area contributed by atoms with Crippen molar-refractivity contribution in [2.75, 3.05) is 0 Å². The number of aliphatic carboxylic acids is 1. The third kappa shape index (κ3) is 2.63. The highest BCUT2D eigenvalue weighted by Crippen LogP contribution is 2.27. The molecule has 1 aromatic heterocycles. The molecule has 0 aliphatic carbocycles. The van der Waals surface area contributed by atoms with E-state index in [9.17, 15) is 4.79 Å². The van der Waals surface area contributed by atoms with Crippen LogP contribution < -0.4 is 0 Å². The van der Waals surface area contributed by atoms with Gasteiger partial charge in [-0.15, -0.1) is 0 Å². The average molecular weight is 235 g/mol. The van der Waals surface area contributed by atoms with Gasteiger partial charge >= 0.3 is 5.97 Å². The van der Waals surface area contributed by atoms with Crippen molar-refractivity contribution in [3.63, 3.8) is 0 Å². The first kappa shape index (κ1) is 8.74. The lowest BCUT2D eigenvalue weighted by Crippen LogP contribution is -1.99. The first-order chi connectivity index (χ1) is 5.20. The Morgan fingerprint density at radius 2 is 2.55 bits per heavy atom. The van der Waals surface area contributed by atoms with E-state index in [1.807, 2.05) is 16.8 Å². The van der Waals surface area contributed by atoms with Crippen molar-refractivity contribution in [3.8, 4) is 0 Å². The maximum Gasteiger partial charge on any atom is 0.304 e. The molecule has 11 heavy (non-hydrogen) atoms. The van der Waals surface area contributed by atoms with Crippen molar-refractivity contribution in [2.45, 2.75) is 11.2 Å². The van der Waals surface area contributed by atoms with Gasteiger partial charge in [-0.2, -0.15) is 11.3 Å². The van der Waals surface area contributed by atoms with E-state index in [1.165, 1.54) is 0 Å². The van der Waals surface area contributed by atoms with Crippen LogP contribution in [0.15, 0.2) is 16.8 Å². The molecule has 0 spiro atoms. The summed E-state index contributed by atoms with van der Waals surface area (Å²) in [5.41, 5.74) is 1.04. The summed E-state index contributed by atoms with van der Waals surface area (Å²) in [6.07, 6.45) is 0.136. The van der Waals surface area contributed by atoms with Gasteiger partial charge in [0.2, 0.25) is 0 Å². The smallest absolute Gasteiger partial charge is 0.304 e. The summed E-state index contributed by atoms with van der Waals surface area (Å²) in [6, 6.07) is 1.92. The topological polar surface area (TPSA) is 37.3 Å². The van der Waals surface area contributed by atoms with Gasteiger partial charge in [0, 0.05) is 0 Å². The second-order valence-corrected chi connectivity index (χ2v) is 4.01.